The van der Waals surface area contributed by atoms with E-state index in [1.54, 1.807) is 13.8 Å². The number of hydrogen-bond donors (Lipinski definition) is 0. The summed E-state index contributed by atoms with van der Waals surface area (Å²) in [6.45, 7) is 7.12. The van der Waals surface area contributed by atoms with Crippen LogP contribution in [0.3, 0.4) is 0 Å². The molecule has 0 saturated carbocycles. The summed E-state index contributed by atoms with van der Waals surface area (Å²) in [4.78, 5) is 21.5. The lowest BCUT2D eigenvalue weighted by Crippen LogP contribution is -2.13. The summed E-state index contributed by atoms with van der Waals surface area (Å²) in [6.07, 6.45) is 0. The molecule has 1 aromatic rings. The topological polar surface area (TPSA) is 78.7 Å². The van der Waals surface area contributed by atoms with Crippen LogP contribution in [-0.2, 0) is 9.53 Å². The van der Waals surface area contributed by atoms with E-state index in [9.17, 15) is 14.9 Å². The van der Waals surface area contributed by atoms with Crippen molar-refractivity contribution in [3.8, 4) is 5.75 Å². The Morgan fingerprint density at radius 1 is 1.47 bits per heavy atom. The number of carbonyl (C=O) groups excluding carboxylic acids is 1. The summed E-state index contributed by atoms with van der Waals surface area (Å²) >= 11 is 0. The standard InChI is InChI=1S/C13H15NO5/c1-4-18-13(15)10(3)8-19-11-5-6-12(14(16)17)9(2)7-11/h5-7H,3-4,8H2,1-2H3. The van der Waals surface area contributed by atoms with Gasteiger partial charge in [-0.15, -0.1) is 0 Å². The van der Waals surface area contributed by atoms with Gasteiger partial charge in [0.05, 0.1) is 17.1 Å². The predicted octanol–water partition coefficient (Wildman–Crippen LogP) is 2.40. The van der Waals surface area contributed by atoms with Crippen molar-refractivity contribution in [2.45, 2.75) is 13.8 Å². The average molecular weight is 265 g/mol. The molecule has 0 aliphatic carbocycles. The quantitative estimate of drug-likeness (QED) is 0.341. The number of esters is 1. The summed E-state index contributed by atoms with van der Waals surface area (Å²) in [7, 11) is 0. The zero-order valence-electron chi connectivity index (χ0n) is 10.8. The van der Waals surface area contributed by atoms with Crippen molar-refractivity contribution in [1.29, 1.82) is 0 Å². The number of nitro groups is 1. The maximum absolute atomic E-state index is 11.3. The third-order valence-electron chi connectivity index (χ3n) is 2.34. The Bertz CT molecular complexity index is 510. The molecule has 0 radical (unpaired) electrons. The Balaban J connectivity index is 2.64. The van der Waals surface area contributed by atoms with E-state index in [2.05, 4.69) is 6.58 Å². The molecule has 6 heteroatoms. The Labute approximate surface area is 110 Å². The maximum Gasteiger partial charge on any atom is 0.336 e. The lowest BCUT2D eigenvalue weighted by atomic mass is 10.2. The molecule has 0 spiro atoms. The van der Waals surface area contributed by atoms with Gasteiger partial charge in [-0.2, -0.15) is 0 Å². The van der Waals surface area contributed by atoms with Gasteiger partial charge >= 0.3 is 5.97 Å². The second-order valence-corrected chi connectivity index (χ2v) is 3.82. The van der Waals surface area contributed by atoms with Crippen molar-refractivity contribution in [2.75, 3.05) is 13.2 Å². The first-order valence-electron chi connectivity index (χ1n) is 5.68. The number of carbonyl (C=O) groups is 1. The molecule has 0 aliphatic rings. The summed E-state index contributed by atoms with van der Waals surface area (Å²) in [5, 5.41) is 10.6. The van der Waals surface area contributed by atoms with E-state index in [4.69, 9.17) is 9.47 Å². The second-order valence-electron chi connectivity index (χ2n) is 3.82. The van der Waals surface area contributed by atoms with Gasteiger partial charge in [-0.1, -0.05) is 6.58 Å². The van der Waals surface area contributed by atoms with Gasteiger partial charge in [0.15, 0.2) is 0 Å². The van der Waals surface area contributed by atoms with E-state index in [-0.39, 0.29) is 24.5 Å². The van der Waals surface area contributed by atoms with Gasteiger partial charge in [-0.3, -0.25) is 10.1 Å². The van der Waals surface area contributed by atoms with Gasteiger partial charge in [0, 0.05) is 11.6 Å². The van der Waals surface area contributed by atoms with E-state index in [1.807, 2.05) is 0 Å². The first kappa shape index (κ1) is 14.7. The molecular formula is C13H15NO5. The largest absolute Gasteiger partial charge is 0.489 e. The van der Waals surface area contributed by atoms with E-state index in [1.165, 1.54) is 18.2 Å². The number of aryl methyl sites for hydroxylation is 1. The van der Waals surface area contributed by atoms with Crippen LogP contribution in [0.2, 0.25) is 0 Å². The van der Waals surface area contributed by atoms with Gasteiger partial charge in [-0.25, -0.2) is 4.79 Å². The van der Waals surface area contributed by atoms with Crippen LogP contribution >= 0.6 is 0 Å². The molecule has 0 N–H and O–H groups in total. The zero-order valence-corrected chi connectivity index (χ0v) is 10.8. The van der Waals surface area contributed by atoms with E-state index in [0.29, 0.717) is 11.3 Å². The summed E-state index contributed by atoms with van der Waals surface area (Å²) in [5.74, 6) is -0.0744. The van der Waals surface area contributed by atoms with Crippen LogP contribution in [0.5, 0.6) is 5.75 Å². The van der Waals surface area contributed by atoms with Crippen LogP contribution in [0, 0.1) is 17.0 Å². The number of benzene rings is 1. The molecule has 0 aliphatic heterocycles. The first-order chi connectivity index (χ1) is 8.95. The summed E-state index contributed by atoms with van der Waals surface area (Å²) in [5.41, 5.74) is 0.707. The fourth-order valence-electron chi connectivity index (χ4n) is 1.39. The fraction of sp³-hybridized carbons (Fsp3) is 0.308. The molecule has 0 bridgehead atoms. The lowest BCUT2D eigenvalue weighted by Gasteiger charge is -2.08. The third-order valence-corrected chi connectivity index (χ3v) is 2.34. The lowest BCUT2D eigenvalue weighted by molar-refractivity contribution is -0.385. The molecule has 0 unspecified atom stereocenters. The van der Waals surface area contributed by atoms with Crippen molar-refractivity contribution in [1.82, 2.24) is 0 Å². The number of hydrogen-bond acceptors (Lipinski definition) is 5. The van der Waals surface area contributed by atoms with Crippen LogP contribution in [0.25, 0.3) is 0 Å². The molecular weight excluding hydrogens is 250 g/mol. The Kier molecular flexibility index (Phi) is 5.05. The molecule has 0 heterocycles. The summed E-state index contributed by atoms with van der Waals surface area (Å²) in [6, 6.07) is 4.37. The highest BCUT2D eigenvalue weighted by atomic mass is 16.6. The SMILES string of the molecule is C=C(COc1ccc([N+](=O)[O-])c(C)c1)C(=O)OCC. The molecule has 0 amide bonds. The van der Waals surface area contributed by atoms with Crippen molar-refractivity contribution in [3.05, 3.63) is 46.0 Å². The molecule has 6 nitrogen and oxygen atoms in total. The number of nitrogens with zero attached hydrogens (tertiary/aromatic N) is 1. The molecule has 1 rings (SSSR count). The summed E-state index contributed by atoms with van der Waals surface area (Å²) < 4.78 is 10.1. The van der Waals surface area contributed by atoms with E-state index >= 15 is 0 Å². The zero-order chi connectivity index (χ0) is 14.4. The van der Waals surface area contributed by atoms with Crippen LogP contribution in [0.1, 0.15) is 12.5 Å². The number of ether oxygens (including phenoxy) is 2. The van der Waals surface area contributed by atoms with Gasteiger partial charge in [0.25, 0.3) is 5.69 Å². The normalized spacial score (nSPS) is 9.79. The Hall–Kier alpha value is -2.37. The maximum atomic E-state index is 11.3. The highest BCUT2D eigenvalue weighted by Gasteiger charge is 2.12. The van der Waals surface area contributed by atoms with Crippen LogP contribution in [0.15, 0.2) is 30.4 Å². The minimum atomic E-state index is -0.513. The van der Waals surface area contributed by atoms with Crippen LogP contribution in [-0.4, -0.2) is 24.1 Å². The highest BCUT2D eigenvalue weighted by molar-refractivity contribution is 5.88. The van der Waals surface area contributed by atoms with Gasteiger partial charge in [-0.05, 0) is 26.0 Å². The van der Waals surface area contributed by atoms with Crippen LogP contribution < -0.4 is 4.74 Å². The number of nitro benzene ring substituents is 1. The number of rotatable bonds is 6. The minimum absolute atomic E-state index is 0.0178. The van der Waals surface area contributed by atoms with Crippen LogP contribution in [0.4, 0.5) is 5.69 Å². The Morgan fingerprint density at radius 3 is 2.68 bits per heavy atom. The van der Waals surface area contributed by atoms with Gasteiger partial charge in [0.2, 0.25) is 0 Å². The van der Waals surface area contributed by atoms with Crippen molar-refractivity contribution in [2.24, 2.45) is 0 Å². The average Bonchev–Trinajstić information content (AvgIpc) is 2.35. The fourth-order valence-corrected chi connectivity index (χ4v) is 1.39. The molecule has 0 fully saturated rings. The van der Waals surface area contributed by atoms with Crippen molar-refractivity contribution in [3.63, 3.8) is 0 Å². The highest BCUT2D eigenvalue weighted by Crippen LogP contribution is 2.23. The van der Waals surface area contributed by atoms with Crippen molar-refractivity contribution < 1.29 is 19.2 Å². The van der Waals surface area contributed by atoms with Gasteiger partial charge in [0.1, 0.15) is 12.4 Å². The smallest absolute Gasteiger partial charge is 0.336 e. The molecule has 102 valence electrons. The predicted molar refractivity (Wildman–Crippen MR) is 69.1 cm³/mol. The molecule has 19 heavy (non-hydrogen) atoms. The molecule has 1 aromatic carbocycles. The molecule has 0 saturated heterocycles. The first-order valence-corrected chi connectivity index (χ1v) is 5.68. The van der Waals surface area contributed by atoms with E-state index in [0.717, 1.165) is 0 Å². The monoisotopic (exact) mass is 265 g/mol. The second kappa shape index (κ2) is 6.53. The Morgan fingerprint density at radius 2 is 2.16 bits per heavy atom. The van der Waals surface area contributed by atoms with Gasteiger partial charge < -0.3 is 9.47 Å². The third kappa shape index (κ3) is 4.09. The van der Waals surface area contributed by atoms with E-state index < -0.39 is 10.9 Å². The van der Waals surface area contributed by atoms with Crippen molar-refractivity contribution >= 4 is 11.7 Å². The molecule has 0 atom stereocenters. The molecule has 0 aromatic heterocycles. The minimum Gasteiger partial charge on any atom is -0.489 e.